The summed E-state index contributed by atoms with van der Waals surface area (Å²) in [5.74, 6) is 2.13. The van der Waals surface area contributed by atoms with Gasteiger partial charge >= 0.3 is 0 Å². The number of ether oxygens (including phenoxy) is 2. The topological polar surface area (TPSA) is 86.5 Å². The van der Waals surface area contributed by atoms with E-state index >= 15 is 0 Å². The fourth-order valence-electron chi connectivity index (χ4n) is 3.13. The van der Waals surface area contributed by atoms with Crippen molar-refractivity contribution in [3.63, 3.8) is 0 Å². The Balaban J connectivity index is 1.35. The van der Waals surface area contributed by atoms with Crippen molar-refractivity contribution in [1.82, 2.24) is 10.1 Å². The van der Waals surface area contributed by atoms with Crippen LogP contribution in [0.5, 0.6) is 11.5 Å². The van der Waals surface area contributed by atoms with Gasteiger partial charge in [-0.15, -0.1) is 0 Å². The summed E-state index contributed by atoms with van der Waals surface area (Å²) < 4.78 is 16.7. The van der Waals surface area contributed by atoms with Crippen LogP contribution in [-0.4, -0.2) is 22.7 Å². The second kappa shape index (κ2) is 10.5. The average molecular weight is 444 g/mol. The molecule has 7 heteroatoms. The van der Waals surface area contributed by atoms with E-state index < -0.39 is 0 Å². The lowest BCUT2D eigenvalue weighted by Crippen LogP contribution is -2.20. The molecule has 33 heavy (non-hydrogen) atoms. The van der Waals surface area contributed by atoms with Gasteiger partial charge in [-0.05, 0) is 35.7 Å². The number of benzene rings is 3. The SMILES string of the molecule is CC(C)c1ccc(-c2noc(COc3ccccc3NC(=O)COc3ccccc3)n2)cc1. The molecule has 1 heterocycles. The molecule has 0 aliphatic carbocycles. The first-order chi connectivity index (χ1) is 16.1. The number of aromatic nitrogens is 2. The summed E-state index contributed by atoms with van der Waals surface area (Å²) in [5, 5.41) is 6.85. The number of para-hydroxylation sites is 3. The molecule has 0 saturated heterocycles. The van der Waals surface area contributed by atoms with E-state index in [-0.39, 0.29) is 19.1 Å². The van der Waals surface area contributed by atoms with Crippen molar-refractivity contribution >= 4 is 11.6 Å². The Morgan fingerprint density at radius 2 is 1.67 bits per heavy atom. The number of anilines is 1. The molecule has 168 valence electrons. The van der Waals surface area contributed by atoms with E-state index in [1.54, 1.807) is 24.3 Å². The van der Waals surface area contributed by atoms with Crippen molar-refractivity contribution < 1.29 is 18.8 Å². The molecular formula is C26H25N3O4. The Morgan fingerprint density at radius 1 is 0.939 bits per heavy atom. The molecule has 0 bridgehead atoms. The molecular weight excluding hydrogens is 418 g/mol. The number of carbonyl (C=O) groups is 1. The van der Waals surface area contributed by atoms with Gasteiger partial charge in [0.25, 0.3) is 11.8 Å². The molecule has 0 aliphatic rings. The molecule has 0 unspecified atom stereocenters. The summed E-state index contributed by atoms with van der Waals surface area (Å²) >= 11 is 0. The Morgan fingerprint density at radius 3 is 2.42 bits per heavy atom. The first kappa shape index (κ1) is 22.1. The maximum absolute atomic E-state index is 12.3. The van der Waals surface area contributed by atoms with Crippen LogP contribution in [0.4, 0.5) is 5.69 Å². The van der Waals surface area contributed by atoms with Crippen LogP contribution in [0.15, 0.2) is 83.4 Å². The van der Waals surface area contributed by atoms with E-state index in [4.69, 9.17) is 14.0 Å². The van der Waals surface area contributed by atoms with E-state index in [0.717, 1.165) is 5.56 Å². The molecule has 0 radical (unpaired) electrons. The normalized spacial score (nSPS) is 10.8. The highest BCUT2D eigenvalue weighted by molar-refractivity contribution is 5.93. The third kappa shape index (κ3) is 5.98. The second-order valence-corrected chi connectivity index (χ2v) is 7.72. The summed E-state index contributed by atoms with van der Waals surface area (Å²) in [6.07, 6.45) is 0. The molecule has 7 nitrogen and oxygen atoms in total. The van der Waals surface area contributed by atoms with E-state index in [1.165, 1.54) is 5.56 Å². The highest BCUT2D eigenvalue weighted by atomic mass is 16.5. The number of nitrogens with zero attached hydrogens (tertiary/aromatic N) is 2. The van der Waals surface area contributed by atoms with Gasteiger partial charge in [0.05, 0.1) is 5.69 Å². The number of amides is 1. The second-order valence-electron chi connectivity index (χ2n) is 7.72. The first-order valence-corrected chi connectivity index (χ1v) is 10.7. The lowest BCUT2D eigenvalue weighted by Gasteiger charge is -2.12. The quantitative estimate of drug-likeness (QED) is 0.370. The van der Waals surface area contributed by atoms with Crippen molar-refractivity contribution in [2.75, 3.05) is 11.9 Å². The van der Waals surface area contributed by atoms with Crippen molar-refractivity contribution in [3.8, 4) is 22.9 Å². The number of nitrogens with one attached hydrogen (secondary N) is 1. The monoisotopic (exact) mass is 443 g/mol. The highest BCUT2D eigenvalue weighted by Crippen LogP contribution is 2.25. The van der Waals surface area contributed by atoms with Crippen LogP contribution < -0.4 is 14.8 Å². The molecule has 1 N–H and O–H groups in total. The van der Waals surface area contributed by atoms with E-state index in [1.807, 2.05) is 42.5 Å². The fraction of sp³-hybridized carbons (Fsp3) is 0.192. The zero-order chi connectivity index (χ0) is 23.0. The molecule has 1 amide bonds. The number of carbonyl (C=O) groups excluding carboxylic acids is 1. The molecule has 1 aromatic heterocycles. The summed E-state index contributed by atoms with van der Waals surface area (Å²) in [5.41, 5.74) is 2.65. The van der Waals surface area contributed by atoms with Gasteiger partial charge in [0.1, 0.15) is 11.5 Å². The lowest BCUT2D eigenvalue weighted by molar-refractivity contribution is -0.118. The van der Waals surface area contributed by atoms with Gasteiger partial charge in [-0.25, -0.2) is 0 Å². The molecule has 0 aliphatic heterocycles. The minimum atomic E-state index is -0.292. The zero-order valence-electron chi connectivity index (χ0n) is 18.5. The number of rotatable bonds is 9. The van der Waals surface area contributed by atoms with Crippen LogP contribution >= 0.6 is 0 Å². The van der Waals surface area contributed by atoms with Gasteiger partial charge in [-0.3, -0.25) is 4.79 Å². The smallest absolute Gasteiger partial charge is 0.264 e. The summed E-state index contributed by atoms with van der Waals surface area (Å²) in [4.78, 5) is 16.7. The Kier molecular flexibility index (Phi) is 6.99. The van der Waals surface area contributed by atoms with Crippen molar-refractivity contribution in [2.24, 2.45) is 0 Å². The molecule has 0 atom stereocenters. The first-order valence-electron chi connectivity index (χ1n) is 10.7. The minimum Gasteiger partial charge on any atom is -0.484 e. The molecule has 0 spiro atoms. The minimum absolute atomic E-state index is 0.0739. The summed E-state index contributed by atoms with van der Waals surface area (Å²) in [6.45, 7) is 4.26. The Labute approximate surface area is 192 Å². The lowest BCUT2D eigenvalue weighted by atomic mass is 10.0. The van der Waals surface area contributed by atoms with Gasteiger partial charge in [0, 0.05) is 5.56 Å². The molecule has 0 saturated carbocycles. The van der Waals surface area contributed by atoms with E-state index in [9.17, 15) is 4.79 Å². The van der Waals surface area contributed by atoms with Crippen molar-refractivity contribution in [2.45, 2.75) is 26.4 Å². The number of hydrogen-bond donors (Lipinski definition) is 1. The van der Waals surface area contributed by atoms with Crippen molar-refractivity contribution in [1.29, 1.82) is 0 Å². The fourth-order valence-corrected chi connectivity index (χ4v) is 3.13. The average Bonchev–Trinajstić information content (AvgIpc) is 3.32. The number of hydrogen-bond acceptors (Lipinski definition) is 6. The van der Waals surface area contributed by atoms with Crippen LogP contribution in [0.2, 0.25) is 0 Å². The summed E-state index contributed by atoms with van der Waals surface area (Å²) in [6, 6.07) is 24.4. The highest BCUT2D eigenvalue weighted by Gasteiger charge is 2.12. The molecule has 3 aromatic carbocycles. The molecule has 4 rings (SSSR count). The van der Waals surface area contributed by atoms with Crippen LogP contribution in [0.3, 0.4) is 0 Å². The maximum Gasteiger partial charge on any atom is 0.264 e. The van der Waals surface area contributed by atoms with E-state index in [2.05, 4.69) is 41.4 Å². The standard InChI is InChI=1S/C26H25N3O4/c1-18(2)19-12-14-20(15-13-19)26-28-25(33-29-26)17-32-23-11-7-6-10-22(23)27-24(30)16-31-21-8-4-3-5-9-21/h3-15,18H,16-17H2,1-2H3,(H,27,30). The van der Waals surface area contributed by atoms with E-state index in [0.29, 0.717) is 34.8 Å². The Bertz CT molecular complexity index is 1190. The van der Waals surface area contributed by atoms with Gasteiger partial charge in [0.15, 0.2) is 13.2 Å². The predicted molar refractivity (Wildman–Crippen MR) is 125 cm³/mol. The predicted octanol–water partition coefficient (Wildman–Crippen LogP) is 5.46. The zero-order valence-corrected chi connectivity index (χ0v) is 18.5. The van der Waals surface area contributed by atoms with Gasteiger partial charge < -0.3 is 19.3 Å². The third-order valence-corrected chi connectivity index (χ3v) is 4.93. The van der Waals surface area contributed by atoms with Crippen LogP contribution in [0, 0.1) is 0 Å². The maximum atomic E-state index is 12.3. The molecule has 4 aromatic rings. The van der Waals surface area contributed by atoms with Crippen LogP contribution in [-0.2, 0) is 11.4 Å². The van der Waals surface area contributed by atoms with Crippen molar-refractivity contribution in [3.05, 3.63) is 90.3 Å². The van der Waals surface area contributed by atoms with Crippen LogP contribution in [0.25, 0.3) is 11.4 Å². The third-order valence-electron chi connectivity index (χ3n) is 4.93. The van der Waals surface area contributed by atoms with Gasteiger partial charge in [0.2, 0.25) is 5.82 Å². The van der Waals surface area contributed by atoms with Gasteiger partial charge in [-0.2, -0.15) is 4.98 Å². The van der Waals surface area contributed by atoms with Crippen LogP contribution in [0.1, 0.15) is 31.2 Å². The Hall–Kier alpha value is -4.13. The summed E-state index contributed by atoms with van der Waals surface area (Å²) in [7, 11) is 0. The molecule has 0 fully saturated rings. The van der Waals surface area contributed by atoms with Gasteiger partial charge in [-0.1, -0.05) is 73.6 Å². The largest absolute Gasteiger partial charge is 0.484 e.